The Hall–Kier alpha value is -2.24. The van der Waals surface area contributed by atoms with Gasteiger partial charge in [0.25, 0.3) is 5.91 Å². The molecular weight excluding hydrogens is 266 g/mol. The van der Waals surface area contributed by atoms with E-state index in [1.54, 1.807) is 0 Å². The lowest BCUT2D eigenvalue weighted by Gasteiger charge is -2.32. The molecule has 0 bridgehead atoms. The molecule has 0 aliphatic carbocycles. The molecule has 2 heterocycles. The summed E-state index contributed by atoms with van der Waals surface area (Å²) in [5.41, 5.74) is 1.38. The standard InChI is InChI=1S/C15H19N5O/c1-2-12-6-5-9-19(10-12)15(21)13-7-3-4-8-14(13)20-11-16-17-18-20/h3-4,7-8,11-12H,2,5-6,9-10H2,1H3/t12-/m1/s1. The summed E-state index contributed by atoms with van der Waals surface area (Å²) in [6.07, 6.45) is 4.93. The van der Waals surface area contributed by atoms with E-state index in [0.717, 1.165) is 31.6 Å². The summed E-state index contributed by atoms with van der Waals surface area (Å²) in [5, 5.41) is 11.2. The fourth-order valence-electron chi connectivity index (χ4n) is 2.88. The molecule has 21 heavy (non-hydrogen) atoms. The van der Waals surface area contributed by atoms with E-state index in [2.05, 4.69) is 22.4 Å². The van der Waals surface area contributed by atoms with Crippen LogP contribution in [0.2, 0.25) is 0 Å². The second kappa shape index (κ2) is 6.03. The molecule has 1 amide bonds. The Labute approximate surface area is 123 Å². The third-order valence-corrected chi connectivity index (χ3v) is 4.11. The number of hydrogen-bond acceptors (Lipinski definition) is 4. The number of amides is 1. The van der Waals surface area contributed by atoms with Gasteiger partial charge >= 0.3 is 0 Å². The third kappa shape index (κ3) is 2.79. The number of para-hydroxylation sites is 1. The van der Waals surface area contributed by atoms with Gasteiger partial charge in [0.2, 0.25) is 0 Å². The lowest BCUT2D eigenvalue weighted by molar-refractivity contribution is 0.0671. The Balaban J connectivity index is 1.88. The molecule has 1 atom stereocenters. The molecule has 1 aliphatic heterocycles. The summed E-state index contributed by atoms with van der Waals surface area (Å²) in [7, 11) is 0. The fraction of sp³-hybridized carbons (Fsp3) is 0.467. The Morgan fingerprint density at radius 3 is 3.00 bits per heavy atom. The quantitative estimate of drug-likeness (QED) is 0.864. The van der Waals surface area contributed by atoms with E-state index in [-0.39, 0.29) is 5.91 Å². The highest BCUT2D eigenvalue weighted by atomic mass is 16.2. The number of piperidine rings is 1. The van der Waals surface area contributed by atoms with E-state index < -0.39 is 0 Å². The van der Waals surface area contributed by atoms with Crippen molar-refractivity contribution in [3.63, 3.8) is 0 Å². The number of aromatic nitrogens is 4. The minimum Gasteiger partial charge on any atom is -0.338 e. The molecule has 0 N–H and O–H groups in total. The highest BCUT2D eigenvalue weighted by Gasteiger charge is 2.25. The van der Waals surface area contributed by atoms with Gasteiger partial charge in [-0.25, -0.2) is 0 Å². The van der Waals surface area contributed by atoms with Gasteiger partial charge in [-0.05, 0) is 41.3 Å². The molecule has 1 aromatic carbocycles. The number of hydrogen-bond donors (Lipinski definition) is 0. The zero-order valence-corrected chi connectivity index (χ0v) is 12.1. The third-order valence-electron chi connectivity index (χ3n) is 4.11. The maximum absolute atomic E-state index is 12.8. The zero-order valence-electron chi connectivity index (χ0n) is 12.1. The van der Waals surface area contributed by atoms with Gasteiger partial charge in [0.1, 0.15) is 6.33 Å². The highest BCUT2D eigenvalue weighted by Crippen LogP contribution is 2.22. The van der Waals surface area contributed by atoms with Gasteiger partial charge in [-0.15, -0.1) is 5.10 Å². The predicted molar refractivity (Wildman–Crippen MR) is 78.1 cm³/mol. The van der Waals surface area contributed by atoms with Crippen molar-refractivity contribution in [2.45, 2.75) is 26.2 Å². The van der Waals surface area contributed by atoms with Crippen molar-refractivity contribution in [1.29, 1.82) is 0 Å². The van der Waals surface area contributed by atoms with Crippen LogP contribution >= 0.6 is 0 Å². The Morgan fingerprint density at radius 2 is 2.24 bits per heavy atom. The molecule has 6 nitrogen and oxygen atoms in total. The van der Waals surface area contributed by atoms with Crippen LogP contribution in [0.3, 0.4) is 0 Å². The van der Waals surface area contributed by atoms with Gasteiger partial charge in [-0.1, -0.05) is 25.5 Å². The van der Waals surface area contributed by atoms with E-state index in [9.17, 15) is 4.79 Å². The summed E-state index contributed by atoms with van der Waals surface area (Å²) in [4.78, 5) is 14.8. The van der Waals surface area contributed by atoms with Gasteiger partial charge in [-0.2, -0.15) is 4.68 Å². The number of carbonyl (C=O) groups excluding carboxylic acids is 1. The molecule has 2 aromatic rings. The summed E-state index contributed by atoms with van der Waals surface area (Å²) < 4.78 is 1.54. The number of tetrazole rings is 1. The molecule has 1 fully saturated rings. The van der Waals surface area contributed by atoms with Gasteiger partial charge in [0.05, 0.1) is 11.3 Å². The fourth-order valence-corrected chi connectivity index (χ4v) is 2.88. The average Bonchev–Trinajstić information content (AvgIpc) is 3.08. The van der Waals surface area contributed by atoms with E-state index in [1.165, 1.54) is 17.4 Å². The summed E-state index contributed by atoms with van der Waals surface area (Å²) in [6.45, 7) is 3.87. The molecule has 0 unspecified atom stereocenters. The van der Waals surface area contributed by atoms with Crippen LogP contribution < -0.4 is 0 Å². The Bertz CT molecular complexity index is 610. The molecule has 110 valence electrons. The number of rotatable bonds is 3. The molecule has 6 heteroatoms. The van der Waals surface area contributed by atoms with Crippen LogP contribution in [0.15, 0.2) is 30.6 Å². The first-order chi connectivity index (χ1) is 10.3. The maximum atomic E-state index is 12.8. The lowest BCUT2D eigenvalue weighted by atomic mass is 9.95. The van der Waals surface area contributed by atoms with Gasteiger partial charge < -0.3 is 4.90 Å². The van der Waals surface area contributed by atoms with Crippen molar-refractivity contribution < 1.29 is 4.79 Å². The minimum atomic E-state index is 0.0688. The molecule has 0 saturated carbocycles. The number of nitrogens with zero attached hydrogens (tertiary/aromatic N) is 5. The summed E-state index contributed by atoms with van der Waals surface area (Å²) in [6, 6.07) is 7.47. The van der Waals surface area contributed by atoms with Crippen molar-refractivity contribution in [2.75, 3.05) is 13.1 Å². The second-order valence-electron chi connectivity index (χ2n) is 5.44. The summed E-state index contributed by atoms with van der Waals surface area (Å²) in [5.74, 6) is 0.683. The van der Waals surface area contributed by atoms with Crippen LogP contribution in [0.4, 0.5) is 0 Å². The predicted octanol–water partition coefficient (Wildman–Crippen LogP) is 1.92. The normalized spacial score (nSPS) is 18.7. The first-order valence-electron chi connectivity index (χ1n) is 7.41. The zero-order chi connectivity index (χ0) is 14.7. The lowest BCUT2D eigenvalue weighted by Crippen LogP contribution is -2.40. The van der Waals surface area contributed by atoms with E-state index in [0.29, 0.717) is 11.5 Å². The Morgan fingerprint density at radius 1 is 1.38 bits per heavy atom. The molecule has 1 aliphatic rings. The van der Waals surface area contributed by atoms with Gasteiger partial charge in [0, 0.05) is 13.1 Å². The molecular formula is C15H19N5O. The number of likely N-dealkylation sites (tertiary alicyclic amines) is 1. The van der Waals surface area contributed by atoms with Crippen LogP contribution in [0.5, 0.6) is 0 Å². The second-order valence-corrected chi connectivity index (χ2v) is 5.44. The van der Waals surface area contributed by atoms with Crippen molar-refractivity contribution in [2.24, 2.45) is 5.92 Å². The molecule has 0 spiro atoms. The van der Waals surface area contributed by atoms with Gasteiger partial charge in [-0.3, -0.25) is 4.79 Å². The maximum Gasteiger partial charge on any atom is 0.256 e. The van der Waals surface area contributed by atoms with Crippen LogP contribution in [-0.4, -0.2) is 44.1 Å². The SMILES string of the molecule is CC[C@@H]1CCCN(C(=O)c2ccccc2-n2cnnn2)C1. The molecule has 1 saturated heterocycles. The van der Waals surface area contributed by atoms with Gasteiger partial charge in [0.15, 0.2) is 0 Å². The van der Waals surface area contributed by atoms with Crippen molar-refractivity contribution in [3.05, 3.63) is 36.2 Å². The highest BCUT2D eigenvalue weighted by molar-refractivity contribution is 5.97. The van der Waals surface area contributed by atoms with Crippen LogP contribution in [0.1, 0.15) is 36.5 Å². The van der Waals surface area contributed by atoms with Crippen molar-refractivity contribution in [1.82, 2.24) is 25.1 Å². The smallest absolute Gasteiger partial charge is 0.256 e. The topological polar surface area (TPSA) is 63.9 Å². The number of carbonyl (C=O) groups is 1. The van der Waals surface area contributed by atoms with Crippen LogP contribution in [0.25, 0.3) is 5.69 Å². The largest absolute Gasteiger partial charge is 0.338 e. The first-order valence-corrected chi connectivity index (χ1v) is 7.41. The Kier molecular flexibility index (Phi) is 3.94. The van der Waals surface area contributed by atoms with Crippen LogP contribution in [-0.2, 0) is 0 Å². The minimum absolute atomic E-state index is 0.0688. The number of benzene rings is 1. The average molecular weight is 285 g/mol. The first kappa shape index (κ1) is 13.7. The molecule has 3 rings (SSSR count). The van der Waals surface area contributed by atoms with E-state index >= 15 is 0 Å². The van der Waals surface area contributed by atoms with Crippen LogP contribution in [0, 0.1) is 5.92 Å². The summed E-state index contributed by atoms with van der Waals surface area (Å²) >= 11 is 0. The molecule has 0 radical (unpaired) electrons. The van der Waals surface area contributed by atoms with E-state index in [4.69, 9.17) is 0 Å². The monoisotopic (exact) mass is 285 g/mol. The molecule has 1 aromatic heterocycles. The van der Waals surface area contributed by atoms with E-state index in [1.807, 2.05) is 29.2 Å². The van der Waals surface area contributed by atoms with Crippen molar-refractivity contribution in [3.8, 4) is 5.69 Å². The van der Waals surface area contributed by atoms with Crippen molar-refractivity contribution >= 4 is 5.91 Å².